The van der Waals surface area contributed by atoms with Crippen LogP contribution in [0.3, 0.4) is 0 Å². The summed E-state index contributed by atoms with van der Waals surface area (Å²) in [6, 6.07) is 158. The topological polar surface area (TPSA) is 73.8 Å². The normalized spacial score (nSPS) is 15.1. The molecule has 536 valence electrons. The fourth-order valence-electron chi connectivity index (χ4n) is 15.3. The molecule has 0 unspecified atom stereocenters. The average molecular weight is 1510 g/mol. The molecule has 18 rings (SSSR count). The zero-order valence-electron chi connectivity index (χ0n) is 61.5. The molecule has 112 heavy (non-hydrogen) atoms. The maximum absolute atomic E-state index is 7.84. The van der Waals surface area contributed by atoms with E-state index in [0.29, 0.717) is 0 Å². The third kappa shape index (κ3) is 15.1. The summed E-state index contributed by atoms with van der Waals surface area (Å²) in [5.41, 5.74) is 11.9. The highest BCUT2D eigenvalue weighted by Gasteiger charge is 2.61. The summed E-state index contributed by atoms with van der Waals surface area (Å²) < 4.78 is 62.8. The first-order chi connectivity index (χ1) is 55.5. The van der Waals surface area contributed by atoms with Gasteiger partial charge in [-0.25, -0.2) is 0 Å². The van der Waals surface area contributed by atoms with Gasteiger partial charge in [-0.15, -0.1) is 0 Å². The predicted octanol–water partition coefficient (Wildman–Crippen LogP) is 13.4. The Morgan fingerprint density at radius 1 is 0.125 bits per heavy atom. The van der Waals surface area contributed by atoms with Crippen LogP contribution >= 0.6 is 0 Å². The lowest BCUT2D eigenvalue weighted by atomic mass is 9.75. The number of rotatable bonds is 16. The van der Waals surface area contributed by atoms with Crippen molar-refractivity contribution in [3.63, 3.8) is 0 Å². The molecule has 0 amide bonds. The average Bonchev–Trinajstić information content (AvgIpc) is 0.732. The van der Waals surface area contributed by atoms with Crippen LogP contribution in [0.4, 0.5) is 0 Å². The van der Waals surface area contributed by atoms with Gasteiger partial charge in [0, 0.05) is 0 Å². The second-order valence-corrected chi connectivity index (χ2v) is 38.9. The fraction of sp³-hybridized carbons (Fsp3) is 0. The van der Waals surface area contributed by atoms with Gasteiger partial charge in [0.15, 0.2) is 0 Å². The Labute approximate surface area is 661 Å². The molecule has 0 bridgehead atoms. The van der Waals surface area contributed by atoms with E-state index in [0.717, 1.165) is 108 Å². The molecule has 0 aromatic heterocycles. The van der Waals surface area contributed by atoms with E-state index in [2.05, 4.69) is 291 Å². The lowest BCUT2D eigenvalue weighted by Gasteiger charge is -2.45. The van der Waals surface area contributed by atoms with Crippen molar-refractivity contribution >= 4 is 126 Å². The Hall–Kier alpha value is -11.7. The van der Waals surface area contributed by atoms with Gasteiger partial charge in [-0.2, -0.15) is 0 Å². The van der Waals surface area contributed by atoms with Crippen LogP contribution in [0.2, 0.25) is 0 Å². The molecule has 2 saturated heterocycles. The molecule has 2 aliphatic rings. The molecule has 2 aliphatic heterocycles. The summed E-state index contributed by atoms with van der Waals surface area (Å²) in [6.07, 6.45) is 0. The molecule has 16 aromatic rings. The van der Waals surface area contributed by atoms with E-state index in [9.17, 15) is 0 Å². The summed E-state index contributed by atoms with van der Waals surface area (Å²) in [5, 5.41) is 7.53. The van der Waals surface area contributed by atoms with Crippen LogP contribution in [-0.2, 0) is 34.7 Å². The molecule has 0 aliphatic carbocycles. The third-order valence-corrected chi connectivity index (χ3v) is 33.7. The molecule has 0 spiro atoms. The van der Waals surface area contributed by atoms with E-state index in [-0.39, 0.29) is 0 Å². The van der Waals surface area contributed by atoms with Crippen molar-refractivity contribution in [1.29, 1.82) is 0 Å². The highest BCUT2D eigenvalue weighted by molar-refractivity contribution is 7.08. The molecule has 2 heterocycles. The van der Waals surface area contributed by atoms with Crippen molar-refractivity contribution in [2.24, 2.45) is 0 Å². The summed E-state index contributed by atoms with van der Waals surface area (Å²) in [7, 11) is -18.6. The predicted molar refractivity (Wildman–Crippen MR) is 469 cm³/mol. The molecule has 0 atom stereocenters. The van der Waals surface area contributed by atoms with Crippen LogP contribution in [0.1, 0.15) is 0 Å². The van der Waals surface area contributed by atoms with Crippen molar-refractivity contribution in [1.82, 2.24) is 0 Å². The van der Waals surface area contributed by atoms with Crippen LogP contribution in [-0.4, -0.2) is 62.7 Å². The Morgan fingerprint density at radius 3 is 0.384 bits per heavy atom. The van der Waals surface area contributed by atoms with Crippen LogP contribution in [0.5, 0.6) is 0 Å². The Morgan fingerprint density at radius 2 is 0.241 bits per heavy atom. The summed E-state index contributed by atoms with van der Waals surface area (Å²) in [6.45, 7) is 0. The van der Waals surface area contributed by atoms with E-state index in [1.165, 1.54) is 0 Å². The molecule has 0 saturated carbocycles. The van der Waals surface area contributed by atoms with Crippen molar-refractivity contribution in [2.45, 2.75) is 0 Å². The van der Waals surface area contributed by atoms with E-state index in [1.54, 1.807) is 0 Å². The first-order valence-electron chi connectivity index (χ1n) is 37.9. The summed E-state index contributed by atoms with van der Waals surface area (Å²) in [5.74, 6) is 0. The van der Waals surface area contributed by atoms with E-state index in [4.69, 9.17) is 34.7 Å². The lowest BCUT2D eigenvalue weighted by Crippen LogP contribution is -2.78. The van der Waals surface area contributed by atoms with E-state index >= 15 is 0 Å². The van der Waals surface area contributed by atoms with Crippen molar-refractivity contribution in [3.05, 3.63) is 461 Å². The minimum Gasteiger partial charge on any atom is -0.423 e. The van der Waals surface area contributed by atoms with Gasteiger partial charge in [-0.3, -0.25) is 0 Å². The van der Waals surface area contributed by atoms with Gasteiger partial charge in [-0.1, -0.05) is 461 Å². The first-order valence-corrected chi connectivity index (χ1v) is 45.2. The quantitative estimate of drug-likeness (QED) is 0.0886. The number of benzene rings is 16. The lowest BCUT2D eigenvalue weighted by molar-refractivity contribution is 0.287. The van der Waals surface area contributed by atoms with Crippen LogP contribution < -0.4 is 63.3 Å². The molecule has 2 fully saturated rings. The van der Waals surface area contributed by atoms with E-state index in [1.807, 2.05) is 170 Å². The fourth-order valence-corrected chi connectivity index (χ4v) is 28.3. The van der Waals surface area contributed by atoms with Gasteiger partial charge in [-0.05, 0) is 108 Å². The van der Waals surface area contributed by atoms with Crippen LogP contribution in [0.25, 0.3) is 44.5 Å². The second kappa shape index (κ2) is 33.9. The van der Waals surface area contributed by atoms with Crippen molar-refractivity contribution in [2.75, 3.05) is 0 Å². The van der Waals surface area contributed by atoms with Gasteiger partial charge in [0.25, 0.3) is 0 Å². The van der Waals surface area contributed by atoms with Gasteiger partial charge in [0.1, 0.15) is 0 Å². The van der Waals surface area contributed by atoms with Crippen molar-refractivity contribution in [3.8, 4) is 44.5 Å². The molecule has 16 heteroatoms. The molecule has 0 N–H and O–H groups in total. The molecule has 8 nitrogen and oxygen atoms in total. The molecular formula is C96H76B4O8Si4. The SMILES string of the molecule is c1ccc(-c2ccccc2B2O[Si](c3ccccc3)(c3ccccc3)OB(c3ccccc3-c3ccccc3)O[Si](c3ccccc3)(c3ccccc3)O2)cc1.c1ccc(-c2ccccc2B2O[Si](c3ccccc3)(c3ccccc3)OB(c3ccccc3-c3ccccc3)O[Si](c3ccccc3)(c3ccccc3)O2)cc1. The third-order valence-electron chi connectivity index (χ3n) is 20.6. The van der Waals surface area contributed by atoms with Gasteiger partial charge in [0.2, 0.25) is 0 Å². The van der Waals surface area contributed by atoms with Gasteiger partial charge in [0.05, 0.1) is 0 Å². The van der Waals surface area contributed by atoms with E-state index < -0.39 is 62.7 Å². The summed E-state index contributed by atoms with van der Waals surface area (Å²) >= 11 is 0. The zero-order valence-corrected chi connectivity index (χ0v) is 65.5. The highest BCUT2D eigenvalue weighted by Crippen LogP contribution is 2.32. The number of hydrogen-bond acceptors (Lipinski definition) is 8. The van der Waals surface area contributed by atoms with Gasteiger partial charge >= 0.3 is 62.7 Å². The van der Waals surface area contributed by atoms with Gasteiger partial charge < -0.3 is 34.7 Å². The standard InChI is InChI=1S/2C48H38B2O4Si2/c2*1-7-23-39(24-8-1)45-35-19-21-37-47(45)49-51-55(41-27-11-3-12-28-41,42-29-13-4-14-30-42)53-50(48-38-22-20-36-46(48)40-25-9-2-10-26-40)54-56(52-49,43-31-15-5-16-32-43)44-33-17-6-18-34-44/h2*1-38H. The number of hydrogen-bond donors (Lipinski definition) is 0. The van der Waals surface area contributed by atoms with Crippen LogP contribution in [0, 0.1) is 0 Å². The maximum Gasteiger partial charge on any atom is 0.476 e. The Balaban J connectivity index is 0.000000163. The minimum atomic E-state index is -3.75. The zero-order chi connectivity index (χ0) is 75.3. The highest BCUT2D eigenvalue weighted by atomic mass is 28.4. The first kappa shape index (κ1) is 73.1. The second-order valence-electron chi connectivity index (χ2n) is 27.5. The Kier molecular flexibility index (Phi) is 22.1. The Bertz CT molecular complexity index is 4810. The van der Waals surface area contributed by atoms with Crippen molar-refractivity contribution < 1.29 is 34.7 Å². The summed E-state index contributed by atoms with van der Waals surface area (Å²) in [4.78, 5) is 0. The largest absolute Gasteiger partial charge is 0.476 e. The monoisotopic (exact) mass is 1510 g/mol. The van der Waals surface area contributed by atoms with Crippen LogP contribution in [0.15, 0.2) is 461 Å². The molecule has 16 aromatic carbocycles. The smallest absolute Gasteiger partial charge is 0.423 e. The minimum absolute atomic E-state index is 0.890. The molecular weight excluding hydrogens is 1440 g/mol. The molecule has 0 radical (unpaired) electrons. The maximum atomic E-state index is 7.84.